The molecule has 12 heavy (non-hydrogen) atoms. The summed E-state index contributed by atoms with van der Waals surface area (Å²) >= 11 is 0. The molecule has 2 atom stereocenters. The molecule has 0 radical (unpaired) electrons. The van der Waals surface area contributed by atoms with Crippen molar-refractivity contribution in [3.8, 4) is 0 Å². The van der Waals surface area contributed by atoms with E-state index < -0.39 is 0 Å². The zero-order chi connectivity index (χ0) is 8.60. The molecule has 0 aliphatic carbocycles. The fourth-order valence-electron chi connectivity index (χ4n) is 2.08. The van der Waals surface area contributed by atoms with Gasteiger partial charge in [0.2, 0.25) is 5.91 Å². The van der Waals surface area contributed by atoms with Gasteiger partial charge in [0.25, 0.3) is 0 Å². The minimum Gasteiger partial charge on any atom is -0.374 e. The molecular formula is C8H14N2O2. The molecule has 0 saturated carbocycles. The molecule has 68 valence electrons. The number of carbonyl (C=O) groups is 1. The molecule has 4 heteroatoms. The molecule has 0 aromatic rings. The number of nitrogens with two attached hydrogens (primary N) is 1. The minimum atomic E-state index is -0.262. The lowest BCUT2D eigenvalue weighted by Gasteiger charge is -2.20. The Morgan fingerprint density at radius 1 is 1.67 bits per heavy atom. The number of hydrogen-bond donors (Lipinski definition) is 2. The van der Waals surface area contributed by atoms with E-state index in [1.54, 1.807) is 0 Å². The second kappa shape index (κ2) is 2.71. The molecule has 1 spiro atoms. The van der Waals surface area contributed by atoms with Crippen LogP contribution in [0, 0.1) is 0 Å². The number of amides is 1. The normalized spacial score (nSPS) is 40.8. The fraction of sp³-hybridized carbons (Fsp3) is 0.875. The van der Waals surface area contributed by atoms with Crippen LogP contribution in [0.1, 0.15) is 19.3 Å². The van der Waals surface area contributed by atoms with Crippen molar-refractivity contribution in [3.63, 3.8) is 0 Å². The third-order valence-corrected chi connectivity index (χ3v) is 2.78. The Morgan fingerprint density at radius 3 is 3.00 bits per heavy atom. The molecule has 0 bridgehead atoms. The summed E-state index contributed by atoms with van der Waals surface area (Å²) in [7, 11) is 0. The number of nitrogens with one attached hydrogen (secondary N) is 1. The lowest BCUT2D eigenvalue weighted by Crippen LogP contribution is -2.36. The van der Waals surface area contributed by atoms with E-state index >= 15 is 0 Å². The van der Waals surface area contributed by atoms with Gasteiger partial charge in [-0.25, -0.2) is 0 Å². The maximum atomic E-state index is 10.8. The first-order valence-corrected chi connectivity index (χ1v) is 4.39. The van der Waals surface area contributed by atoms with Crippen molar-refractivity contribution < 1.29 is 9.53 Å². The van der Waals surface area contributed by atoms with Crippen LogP contribution in [0.5, 0.6) is 0 Å². The summed E-state index contributed by atoms with van der Waals surface area (Å²) in [6, 6.07) is -0.178. The highest BCUT2D eigenvalue weighted by Crippen LogP contribution is 2.33. The number of ether oxygens (including phenoxy) is 1. The molecule has 4 nitrogen and oxygen atoms in total. The number of primary amides is 1. The summed E-state index contributed by atoms with van der Waals surface area (Å²) in [5.41, 5.74) is 5.12. The van der Waals surface area contributed by atoms with E-state index in [0.29, 0.717) is 0 Å². The molecule has 1 amide bonds. The molecule has 2 heterocycles. The van der Waals surface area contributed by atoms with E-state index in [9.17, 15) is 4.79 Å². The highest BCUT2D eigenvalue weighted by molar-refractivity contribution is 5.80. The SMILES string of the molecule is NC(=O)C1CC2(CCCO2)CN1. The zero-order valence-electron chi connectivity index (χ0n) is 7.01. The standard InChI is InChI=1S/C8H14N2O2/c9-7(11)6-4-8(5-10-6)2-1-3-12-8/h6,10H,1-5H2,(H2,9,11). The first-order chi connectivity index (χ1) is 5.72. The lowest BCUT2D eigenvalue weighted by atomic mass is 9.97. The third kappa shape index (κ3) is 1.21. The number of rotatable bonds is 1. The average Bonchev–Trinajstić information content (AvgIpc) is 2.62. The Labute approximate surface area is 71.4 Å². The van der Waals surface area contributed by atoms with Gasteiger partial charge in [-0.1, -0.05) is 0 Å². The van der Waals surface area contributed by atoms with Crippen LogP contribution in [0.2, 0.25) is 0 Å². The van der Waals surface area contributed by atoms with Gasteiger partial charge in [0, 0.05) is 19.6 Å². The highest BCUT2D eigenvalue weighted by atomic mass is 16.5. The molecule has 2 rings (SSSR count). The Balaban J connectivity index is 2.01. The Hall–Kier alpha value is -0.610. The third-order valence-electron chi connectivity index (χ3n) is 2.78. The first-order valence-electron chi connectivity index (χ1n) is 4.39. The lowest BCUT2D eigenvalue weighted by molar-refractivity contribution is -0.120. The second-order valence-electron chi connectivity index (χ2n) is 3.68. The van der Waals surface area contributed by atoms with Crippen LogP contribution < -0.4 is 11.1 Å². The maximum Gasteiger partial charge on any atom is 0.234 e. The van der Waals surface area contributed by atoms with E-state index in [1.807, 2.05) is 0 Å². The quantitative estimate of drug-likeness (QED) is 0.551. The molecule has 3 N–H and O–H groups in total. The van der Waals surface area contributed by atoms with Gasteiger partial charge >= 0.3 is 0 Å². The predicted octanol–water partition coefficient (Wildman–Crippen LogP) is -0.617. The van der Waals surface area contributed by atoms with E-state index in [2.05, 4.69) is 5.32 Å². The molecule has 2 saturated heterocycles. The first kappa shape index (κ1) is 8.01. The summed E-state index contributed by atoms with van der Waals surface area (Å²) < 4.78 is 5.61. The van der Waals surface area contributed by atoms with E-state index in [-0.39, 0.29) is 17.6 Å². The molecule has 0 aromatic carbocycles. The predicted molar refractivity (Wildman–Crippen MR) is 43.5 cm³/mol. The summed E-state index contributed by atoms with van der Waals surface area (Å²) in [4.78, 5) is 10.8. The van der Waals surface area contributed by atoms with Crippen LogP contribution in [0.3, 0.4) is 0 Å². The van der Waals surface area contributed by atoms with Gasteiger partial charge in [-0.15, -0.1) is 0 Å². The molecule has 2 aliphatic rings. The van der Waals surface area contributed by atoms with E-state index in [4.69, 9.17) is 10.5 Å². The van der Waals surface area contributed by atoms with Gasteiger partial charge in [0.15, 0.2) is 0 Å². The van der Waals surface area contributed by atoms with Crippen LogP contribution >= 0.6 is 0 Å². The van der Waals surface area contributed by atoms with Gasteiger partial charge in [0.1, 0.15) is 0 Å². The zero-order valence-corrected chi connectivity index (χ0v) is 7.01. The van der Waals surface area contributed by atoms with Crippen molar-refractivity contribution in [1.29, 1.82) is 0 Å². The van der Waals surface area contributed by atoms with Crippen molar-refractivity contribution in [2.24, 2.45) is 5.73 Å². The van der Waals surface area contributed by atoms with Crippen molar-refractivity contribution in [2.45, 2.75) is 30.9 Å². The summed E-state index contributed by atoms with van der Waals surface area (Å²) in [5.74, 6) is -0.262. The Morgan fingerprint density at radius 2 is 2.50 bits per heavy atom. The maximum absolute atomic E-state index is 10.8. The van der Waals surface area contributed by atoms with Crippen molar-refractivity contribution in [1.82, 2.24) is 5.32 Å². The molecule has 2 unspecified atom stereocenters. The van der Waals surface area contributed by atoms with Gasteiger partial charge in [0.05, 0.1) is 11.6 Å². The van der Waals surface area contributed by atoms with Crippen molar-refractivity contribution in [3.05, 3.63) is 0 Å². The monoisotopic (exact) mass is 170 g/mol. The average molecular weight is 170 g/mol. The number of carbonyl (C=O) groups excluding carboxylic acids is 1. The molecular weight excluding hydrogens is 156 g/mol. The van der Waals surface area contributed by atoms with Crippen LogP contribution in [0.4, 0.5) is 0 Å². The summed E-state index contributed by atoms with van der Waals surface area (Å²) in [6.45, 7) is 1.60. The Kier molecular flexibility index (Phi) is 1.81. The summed E-state index contributed by atoms with van der Waals surface area (Å²) in [5, 5.41) is 3.09. The molecule has 0 aromatic heterocycles. The number of hydrogen-bond acceptors (Lipinski definition) is 3. The Bertz CT molecular complexity index is 199. The van der Waals surface area contributed by atoms with Crippen LogP contribution in [-0.2, 0) is 9.53 Å². The topological polar surface area (TPSA) is 64.4 Å². The van der Waals surface area contributed by atoms with Gasteiger partial charge < -0.3 is 15.8 Å². The van der Waals surface area contributed by atoms with Gasteiger partial charge in [-0.2, -0.15) is 0 Å². The van der Waals surface area contributed by atoms with Gasteiger partial charge in [-0.05, 0) is 12.8 Å². The van der Waals surface area contributed by atoms with Crippen LogP contribution in [-0.4, -0.2) is 30.7 Å². The minimum absolute atomic E-state index is 0.0697. The van der Waals surface area contributed by atoms with Crippen molar-refractivity contribution >= 4 is 5.91 Å². The van der Waals surface area contributed by atoms with Gasteiger partial charge in [-0.3, -0.25) is 4.79 Å². The van der Waals surface area contributed by atoms with Crippen molar-refractivity contribution in [2.75, 3.05) is 13.2 Å². The van der Waals surface area contributed by atoms with Crippen LogP contribution in [0.15, 0.2) is 0 Å². The smallest absolute Gasteiger partial charge is 0.234 e. The second-order valence-corrected chi connectivity index (χ2v) is 3.68. The molecule has 2 fully saturated rings. The largest absolute Gasteiger partial charge is 0.374 e. The summed E-state index contributed by atoms with van der Waals surface area (Å²) in [6.07, 6.45) is 2.92. The van der Waals surface area contributed by atoms with Crippen LogP contribution in [0.25, 0.3) is 0 Å². The fourth-order valence-corrected chi connectivity index (χ4v) is 2.08. The highest BCUT2D eigenvalue weighted by Gasteiger charge is 2.43. The van der Waals surface area contributed by atoms with E-state index in [0.717, 1.165) is 32.4 Å². The molecule has 2 aliphatic heterocycles. The van der Waals surface area contributed by atoms with E-state index in [1.165, 1.54) is 0 Å².